The maximum Gasteiger partial charge on any atom is 0.158 e. The van der Waals surface area contributed by atoms with Crippen molar-refractivity contribution >= 4 is 27.4 Å². The van der Waals surface area contributed by atoms with Gasteiger partial charge in [0.05, 0.1) is 5.39 Å². The number of hydrogen-bond acceptors (Lipinski definition) is 5. The van der Waals surface area contributed by atoms with E-state index in [4.69, 9.17) is 4.74 Å². The van der Waals surface area contributed by atoms with Crippen LogP contribution in [0, 0.1) is 5.41 Å². The minimum atomic E-state index is 0.300. The minimum absolute atomic E-state index is 0.300. The molecule has 1 N–H and O–H groups in total. The Bertz CT molecular complexity index is 545. The van der Waals surface area contributed by atoms with E-state index in [1.165, 1.54) is 0 Å². The molecular weight excluding hydrogens is 258 g/mol. The van der Waals surface area contributed by atoms with Crippen LogP contribution in [-0.2, 0) is 11.3 Å². The highest BCUT2D eigenvalue weighted by molar-refractivity contribution is 7.16. The molecule has 2 heterocycles. The second kappa shape index (κ2) is 5.84. The van der Waals surface area contributed by atoms with E-state index in [1.54, 1.807) is 11.3 Å². The van der Waals surface area contributed by atoms with Gasteiger partial charge >= 0.3 is 0 Å². The number of fused-ring (bicyclic) bond motifs is 1. The van der Waals surface area contributed by atoms with Gasteiger partial charge in [0.1, 0.15) is 17.3 Å². The number of anilines is 1. The smallest absolute Gasteiger partial charge is 0.158 e. The molecule has 2 rings (SSSR count). The molecular formula is C14H21N3OS. The Morgan fingerprint density at radius 1 is 1.32 bits per heavy atom. The molecule has 2 aromatic heterocycles. The Balaban J connectivity index is 2.01. The number of rotatable bonds is 5. The third kappa shape index (κ3) is 3.88. The lowest BCUT2D eigenvalue weighted by Crippen LogP contribution is -2.10. The van der Waals surface area contributed by atoms with Crippen molar-refractivity contribution in [3.05, 3.63) is 17.3 Å². The Kier molecular flexibility index (Phi) is 4.37. The first-order valence-electron chi connectivity index (χ1n) is 6.49. The van der Waals surface area contributed by atoms with Crippen molar-refractivity contribution in [2.24, 2.45) is 5.41 Å². The SMILES string of the molecule is CNc1nc(COCCC(C)(C)C)nc2sccc12. The zero-order valence-corrected chi connectivity index (χ0v) is 12.8. The van der Waals surface area contributed by atoms with Crippen molar-refractivity contribution in [2.75, 3.05) is 19.0 Å². The normalized spacial score (nSPS) is 12.0. The molecule has 5 heteroatoms. The molecule has 4 nitrogen and oxygen atoms in total. The molecule has 0 fully saturated rings. The highest BCUT2D eigenvalue weighted by atomic mass is 32.1. The molecule has 0 radical (unpaired) electrons. The average molecular weight is 279 g/mol. The summed E-state index contributed by atoms with van der Waals surface area (Å²) >= 11 is 1.63. The molecule has 0 aromatic carbocycles. The standard InChI is InChI=1S/C14H21N3OS/c1-14(2,3)6-7-18-9-11-16-12(15-4)10-5-8-19-13(10)17-11/h5,8H,6-7,9H2,1-4H3,(H,15,16,17). The van der Waals surface area contributed by atoms with Crippen LogP contribution in [0.4, 0.5) is 5.82 Å². The number of nitrogens with one attached hydrogen (secondary N) is 1. The van der Waals surface area contributed by atoms with E-state index in [0.29, 0.717) is 12.0 Å². The quantitative estimate of drug-likeness (QED) is 0.848. The van der Waals surface area contributed by atoms with Gasteiger partial charge in [-0.2, -0.15) is 0 Å². The fourth-order valence-electron chi connectivity index (χ4n) is 1.70. The molecule has 0 spiro atoms. The van der Waals surface area contributed by atoms with Crippen LogP contribution in [-0.4, -0.2) is 23.6 Å². The molecule has 0 bridgehead atoms. The van der Waals surface area contributed by atoms with Gasteiger partial charge in [-0.25, -0.2) is 9.97 Å². The molecule has 0 atom stereocenters. The molecule has 19 heavy (non-hydrogen) atoms. The molecule has 0 aliphatic carbocycles. The van der Waals surface area contributed by atoms with Crippen LogP contribution in [0.2, 0.25) is 0 Å². The zero-order chi connectivity index (χ0) is 13.9. The van der Waals surface area contributed by atoms with Crippen LogP contribution in [0.3, 0.4) is 0 Å². The van der Waals surface area contributed by atoms with Crippen molar-refractivity contribution in [3.63, 3.8) is 0 Å². The molecule has 0 unspecified atom stereocenters. The van der Waals surface area contributed by atoms with E-state index in [-0.39, 0.29) is 0 Å². The van der Waals surface area contributed by atoms with E-state index in [1.807, 2.05) is 18.5 Å². The molecule has 0 amide bonds. The lowest BCUT2D eigenvalue weighted by atomic mass is 9.93. The molecule has 0 saturated heterocycles. The third-order valence-corrected chi connectivity index (χ3v) is 3.64. The first-order valence-corrected chi connectivity index (χ1v) is 7.37. The van der Waals surface area contributed by atoms with Gasteiger partial charge in [-0.15, -0.1) is 11.3 Å². The first-order chi connectivity index (χ1) is 8.99. The van der Waals surface area contributed by atoms with Crippen LogP contribution in [0.15, 0.2) is 11.4 Å². The fourth-order valence-corrected chi connectivity index (χ4v) is 2.48. The third-order valence-electron chi connectivity index (χ3n) is 2.84. The van der Waals surface area contributed by atoms with Crippen molar-refractivity contribution in [1.29, 1.82) is 0 Å². The summed E-state index contributed by atoms with van der Waals surface area (Å²) in [5.41, 5.74) is 0.300. The van der Waals surface area contributed by atoms with Crippen molar-refractivity contribution in [1.82, 2.24) is 9.97 Å². The molecule has 2 aromatic rings. The number of aromatic nitrogens is 2. The summed E-state index contributed by atoms with van der Waals surface area (Å²) in [7, 11) is 1.88. The van der Waals surface area contributed by atoms with Crippen molar-refractivity contribution in [2.45, 2.75) is 33.8 Å². The van der Waals surface area contributed by atoms with Gasteiger partial charge in [0, 0.05) is 13.7 Å². The van der Waals surface area contributed by atoms with Crippen LogP contribution < -0.4 is 5.32 Å². The summed E-state index contributed by atoms with van der Waals surface area (Å²) in [5.74, 6) is 1.62. The van der Waals surface area contributed by atoms with Crippen LogP contribution in [0.5, 0.6) is 0 Å². The first kappa shape index (κ1) is 14.2. The molecule has 104 valence electrons. The number of ether oxygens (including phenoxy) is 1. The van der Waals surface area contributed by atoms with E-state index < -0.39 is 0 Å². The van der Waals surface area contributed by atoms with E-state index >= 15 is 0 Å². The molecule has 0 aliphatic heterocycles. The van der Waals surface area contributed by atoms with Gasteiger partial charge in [-0.1, -0.05) is 20.8 Å². The lowest BCUT2D eigenvalue weighted by Gasteiger charge is -2.17. The fraction of sp³-hybridized carbons (Fsp3) is 0.571. The van der Waals surface area contributed by atoms with Crippen molar-refractivity contribution < 1.29 is 4.74 Å². The van der Waals surface area contributed by atoms with Crippen LogP contribution >= 0.6 is 11.3 Å². The number of hydrogen-bond donors (Lipinski definition) is 1. The largest absolute Gasteiger partial charge is 0.373 e. The maximum atomic E-state index is 5.67. The Labute approximate surface area is 118 Å². The molecule has 0 saturated carbocycles. The van der Waals surface area contributed by atoms with Gasteiger partial charge in [0.25, 0.3) is 0 Å². The monoisotopic (exact) mass is 279 g/mol. The summed E-state index contributed by atoms with van der Waals surface area (Å²) in [6, 6.07) is 2.04. The second-order valence-corrected chi connectivity index (χ2v) is 6.64. The minimum Gasteiger partial charge on any atom is -0.373 e. The van der Waals surface area contributed by atoms with E-state index in [0.717, 1.165) is 34.9 Å². The Morgan fingerprint density at radius 2 is 2.11 bits per heavy atom. The van der Waals surface area contributed by atoms with Gasteiger partial charge in [-0.3, -0.25) is 0 Å². The molecule has 0 aliphatic rings. The van der Waals surface area contributed by atoms with Crippen molar-refractivity contribution in [3.8, 4) is 0 Å². The van der Waals surface area contributed by atoms with E-state index in [9.17, 15) is 0 Å². The highest BCUT2D eigenvalue weighted by Crippen LogP contribution is 2.25. The lowest BCUT2D eigenvalue weighted by molar-refractivity contribution is 0.0920. The Hall–Kier alpha value is -1.20. The van der Waals surface area contributed by atoms with Gasteiger partial charge in [0.2, 0.25) is 0 Å². The highest BCUT2D eigenvalue weighted by Gasteiger charge is 2.11. The summed E-state index contributed by atoms with van der Waals surface area (Å²) < 4.78 is 5.67. The topological polar surface area (TPSA) is 47.0 Å². The summed E-state index contributed by atoms with van der Waals surface area (Å²) in [4.78, 5) is 10.0. The summed E-state index contributed by atoms with van der Waals surface area (Å²) in [6.45, 7) is 7.85. The van der Waals surface area contributed by atoms with Crippen LogP contribution in [0.1, 0.15) is 33.0 Å². The predicted molar refractivity (Wildman–Crippen MR) is 80.7 cm³/mol. The zero-order valence-electron chi connectivity index (χ0n) is 12.0. The van der Waals surface area contributed by atoms with E-state index in [2.05, 4.69) is 36.1 Å². The van der Waals surface area contributed by atoms with Gasteiger partial charge in [0.15, 0.2) is 5.82 Å². The summed E-state index contributed by atoms with van der Waals surface area (Å²) in [5, 5.41) is 6.22. The van der Waals surface area contributed by atoms with Gasteiger partial charge < -0.3 is 10.1 Å². The van der Waals surface area contributed by atoms with Crippen LogP contribution in [0.25, 0.3) is 10.2 Å². The average Bonchev–Trinajstić information content (AvgIpc) is 2.80. The second-order valence-electron chi connectivity index (χ2n) is 5.74. The number of nitrogens with zero attached hydrogens (tertiary/aromatic N) is 2. The summed E-state index contributed by atoms with van der Waals surface area (Å²) in [6.07, 6.45) is 1.03. The van der Waals surface area contributed by atoms with Gasteiger partial charge in [-0.05, 0) is 23.3 Å². The number of thiophene rings is 1. The predicted octanol–water partition coefficient (Wildman–Crippen LogP) is 3.69. The maximum absolute atomic E-state index is 5.67. The Morgan fingerprint density at radius 3 is 2.79 bits per heavy atom.